The third-order valence-electron chi connectivity index (χ3n) is 5.51. The number of imidazole rings is 1. The Bertz CT molecular complexity index is 1270. The Kier molecular flexibility index (Phi) is 8.07. The summed E-state index contributed by atoms with van der Waals surface area (Å²) in [5, 5.41) is 13.4. The maximum Gasteiger partial charge on any atom is 0.459 e. The molecule has 0 unspecified atom stereocenters. The summed E-state index contributed by atoms with van der Waals surface area (Å²) in [6.07, 6.45) is -0.720. The molecule has 6 atom stereocenters. The van der Waals surface area contributed by atoms with E-state index in [0.29, 0.717) is 11.2 Å². The number of ether oxygens (including phenoxy) is 2. The topological polar surface area (TPSA) is 199 Å². The van der Waals surface area contributed by atoms with E-state index in [1.807, 2.05) is 0 Å². The molecule has 6 N–H and O–H groups in total. The van der Waals surface area contributed by atoms with Crippen LogP contribution in [0.5, 0.6) is 5.75 Å². The van der Waals surface area contributed by atoms with Crippen LogP contribution >= 0.6 is 7.75 Å². The molecule has 15 heteroatoms. The highest BCUT2D eigenvalue weighted by Gasteiger charge is 2.45. The van der Waals surface area contributed by atoms with E-state index in [-0.39, 0.29) is 24.3 Å². The molecule has 1 aliphatic heterocycles. The lowest BCUT2D eigenvalue weighted by atomic mass is 10.1. The number of nitrogen functional groups attached to an aromatic ring is 1. The number of fused-ring (bicyclic) bond motifs is 1. The lowest BCUT2D eigenvalue weighted by Gasteiger charge is -2.25. The zero-order valence-corrected chi connectivity index (χ0v) is 21.4. The minimum Gasteiger partial charge on any atom is -0.462 e. The van der Waals surface area contributed by atoms with E-state index in [9.17, 15) is 14.5 Å². The highest BCUT2D eigenvalue weighted by atomic mass is 31.2. The number of esters is 1. The molecular formula is C22H30N7O7P. The molecule has 0 amide bonds. The van der Waals surface area contributed by atoms with Crippen molar-refractivity contribution >= 4 is 30.7 Å². The summed E-state index contributed by atoms with van der Waals surface area (Å²) < 4.78 is 37.6. The SMILES string of the molecule is CC(C)OC(=O)[C@H](C)N[P@@](=O)(OC[C@H]1O[C@@H](n2cnc3c(N)ncnc32)[C@H](N)[C@@H]1O)Oc1ccccc1. The zero-order valence-electron chi connectivity index (χ0n) is 20.5. The van der Waals surface area contributed by atoms with E-state index >= 15 is 0 Å². The summed E-state index contributed by atoms with van der Waals surface area (Å²) in [6, 6.07) is 6.38. The van der Waals surface area contributed by atoms with Crippen LogP contribution < -0.4 is 21.1 Å². The number of carbonyl (C=O) groups excluding carboxylic acids is 1. The maximum atomic E-state index is 13.7. The van der Waals surface area contributed by atoms with Gasteiger partial charge in [0.05, 0.1) is 25.1 Å². The van der Waals surface area contributed by atoms with Gasteiger partial charge in [0.25, 0.3) is 0 Å². The second kappa shape index (κ2) is 11.1. The van der Waals surface area contributed by atoms with Crippen molar-refractivity contribution in [1.82, 2.24) is 24.6 Å². The van der Waals surface area contributed by atoms with Crippen molar-refractivity contribution in [3.8, 4) is 5.75 Å². The van der Waals surface area contributed by atoms with Crippen LogP contribution in [-0.4, -0.2) is 67.6 Å². The molecule has 0 aliphatic carbocycles. The molecule has 0 bridgehead atoms. The molecule has 1 aliphatic rings. The summed E-state index contributed by atoms with van der Waals surface area (Å²) in [4.78, 5) is 24.6. The number of nitrogens with one attached hydrogen (secondary N) is 1. The van der Waals surface area contributed by atoms with Crippen LogP contribution in [0.1, 0.15) is 27.0 Å². The van der Waals surface area contributed by atoms with Crippen molar-refractivity contribution < 1.29 is 33.0 Å². The fraction of sp³-hybridized carbons (Fsp3) is 0.455. The molecule has 1 fully saturated rings. The van der Waals surface area contributed by atoms with Crippen LogP contribution in [0, 0.1) is 0 Å². The first-order valence-electron chi connectivity index (χ1n) is 11.6. The van der Waals surface area contributed by atoms with Gasteiger partial charge in [-0.25, -0.2) is 19.5 Å². The summed E-state index contributed by atoms with van der Waals surface area (Å²) in [7, 11) is -4.16. The smallest absolute Gasteiger partial charge is 0.459 e. The zero-order chi connectivity index (χ0) is 26.7. The fourth-order valence-corrected chi connectivity index (χ4v) is 5.22. The number of anilines is 1. The van der Waals surface area contributed by atoms with Crippen molar-refractivity contribution in [3.63, 3.8) is 0 Å². The van der Waals surface area contributed by atoms with Crippen molar-refractivity contribution in [2.75, 3.05) is 12.3 Å². The Balaban J connectivity index is 1.50. The number of para-hydroxylation sites is 1. The van der Waals surface area contributed by atoms with Crippen LogP contribution in [0.2, 0.25) is 0 Å². The van der Waals surface area contributed by atoms with E-state index in [1.165, 1.54) is 24.1 Å². The van der Waals surface area contributed by atoms with Gasteiger partial charge < -0.3 is 30.6 Å². The van der Waals surface area contributed by atoms with Crippen LogP contribution in [0.3, 0.4) is 0 Å². The summed E-state index contributed by atoms with van der Waals surface area (Å²) in [6.45, 7) is 4.49. The van der Waals surface area contributed by atoms with E-state index in [4.69, 9.17) is 30.0 Å². The highest BCUT2D eigenvalue weighted by Crippen LogP contribution is 2.46. The molecule has 3 aromatic rings. The fourth-order valence-electron chi connectivity index (χ4n) is 3.72. The van der Waals surface area contributed by atoms with Gasteiger partial charge in [0.15, 0.2) is 17.7 Å². The van der Waals surface area contributed by atoms with Gasteiger partial charge in [-0.05, 0) is 32.9 Å². The van der Waals surface area contributed by atoms with Gasteiger partial charge >= 0.3 is 13.7 Å². The Morgan fingerprint density at radius 3 is 2.68 bits per heavy atom. The first kappa shape index (κ1) is 26.9. The van der Waals surface area contributed by atoms with E-state index in [0.717, 1.165) is 0 Å². The first-order chi connectivity index (χ1) is 17.6. The Morgan fingerprint density at radius 1 is 1.24 bits per heavy atom. The van der Waals surface area contributed by atoms with Crippen LogP contribution in [-0.2, 0) is 23.4 Å². The summed E-state index contributed by atoms with van der Waals surface area (Å²) in [5.74, 6) is -0.207. The molecule has 4 rings (SSSR count). The van der Waals surface area contributed by atoms with Gasteiger partial charge in [0.2, 0.25) is 0 Å². The molecule has 0 saturated carbocycles. The number of rotatable bonds is 10. The van der Waals surface area contributed by atoms with Gasteiger partial charge in [-0.3, -0.25) is 13.9 Å². The quantitative estimate of drug-likeness (QED) is 0.213. The van der Waals surface area contributed by atoms with E-state index in [1.54, 1.807) is 44.2 Å². The minimum absolute atomic E-state index is 0.186. The number of hydrogen-bond donors (Lipinski definition) is 4. The number of aliphatic hydroxyl groups is 1. The van der Waals surface area contributed by atoms with Gasteiger partial charge in [-0.15, -0.1) is 0 Å². The predicted molar refractivity (Wildman–Crippen MR) is 132 cm³/mol. The Morgan fingerprint density at radius 2 is 1.97 bits per heavy atom. The van der Waals surface area contributed by atoms with Crippen LogP contribution in [0.25, 0.3) is 11.2 Å². The average molecular weight is 535 g/mol. The molecular weight excluding hydrogens is 505 g/mol. The van der Waals surface area contributed by atoms with Crippen molar-refractivity contribution in [2.45, 2.75) is 57.4 Å². The van der Waals surface area contributed by atoms with E-state index in [2.05, 4.69) is 20.0 Å². The molecule has 1 saturated heterocycles. The first-order valence-corrected chi connectivity index (χ1v) is 13.1. The number of aliphatic hydroxyl groups excluding tert-OH is 1. The number of benzene rings is 1. The molecule has 0 spiro atoms. The third-order valence-corrected chi connectivity index (χ3v) is 7.16. The van der Waals surface area contributed by atoms with Gasteiger partial charge in [-0.2, -0.15) is 5.09 Å². The van der Waals surface area contributed by atoms with Crippen LogP contribution in [0.15, 0.2) is 43.0 Å². The number of hydrogen-bond acceptors (Lipinski definition) is 12. The van der Waals surface area contributed by atoms with Crippen molar-refractivity contribution in [2.24, 2.45) is 5.73 Å². The predicted octanol–water partition coefficient (Wildman–Crippen LogP) is 1.13. The molecule has 2 aromatic heterocycles. The molecule has 1 aromatic carbocycles. The second-order valence-electron chi connectivity index (χ2n) is 8.75. The lowest BCUT2D eigenvalue weighted by molar-refractivity contribution is -0.149. The number of nitrogens with zero attached hydrogens (tertiary/aromatic N) is 4. The van der Waals surface area contributed by atoms with Gasteiger partial charge in [0.1, 0.15) is 35.8 Å². The Labute approximate surface area is 212 Å². The van der Waals surface area contributed by atoms with E-state index < -0.39 is 44.2 Å². The largest absolute Gasteiger partial charge is 0.462 e. The normalized spacial score (nSPS) is 24.2. The van der Waals surface area contributed by atoms with Crippen molar-refractivity contribution in [3.05, 3.63) is 43.0 Å². The average Bonchev–Trinajstić information content (AvgIpc) is 3.40. The third kappa shape index (κ3) is 6.06. The summed E-state index contributed by atoms with van der Waals surface area (Å²) >= 11 is 0. The number of aromatic nitrogens is 4. The molecule has 0 radical (unpaired) electrons. The van der Waals surface area contributed by atoms with Crippen LogP contribution in [0.4, 0.5) is 5.82 Å². The van der Waals surface area contributed by atoms with Gasteiger partial charge in [-0.1, -0.05) is 18.2 Å². The van der Waals surface area contributed by atoms with Crippen molar-refractivity contribution in [1.29, 1.82) is 0 Å². The van der Waals surface area contributed by atoms with Gasteiger partial charge in [0, 0.05) is 0 Å². The molecule has 3 heterocycles. The minimum atomic E-state index is -4.16. The number of nitrogens with two attached hydrogens (primary N) is 2. The summed E-state index contributed by atoms with van der Waals surface area (Å²) in [5.41, 5.74) is 12.8. The highest BCUT2D eigenvalue weighted by molar-refractivity contribution is 7.52. The second-order valence-corrected chi connectivity index (χ2v) is 10.4. The molecule has 14 nitrogen and oxygen atoms in total. The molecule has 37 heavy (non-hydrogen) atoms. The standard InChI is InChI=1S/C22H30N7O7P/c1-12(2)34-22(31)13(3)28-37(32,36-14-7-5-4-6-8-14)33-9-15-18(30)16(23)21(35-15)29-11-27-17-19(24)25-10-26-20(17)29/h4-8,10-13,15-16,18,21,30H,9,23H2,1-3H3,(H,28,32)(H2,24,25,26)/t13-,15+,16+,18+,21+,37+/m0/s1. The molecule has 200 valence electrons. The monoisotopic (exact) mass is 535 g/mol. The lowest BCUT2D eigenvalue weighted by Crippen LogP contribution is -2.40. The maximum absolute atomic E-state index is 13.7. The number of carbonyl (C=O) groups is 1. The Hall–Kier alpha value is -3.13.